The first kappa shape index (κ1) is 19.9. The maximum absolute atomic E-state index is 12.9. The van der Waals surface area contributed by atoms with Gasteiger partial charge in [-0.25, -0.2) is 4.79 Å². The number of hydrogen-bond acceptors (Lipinski definition) is 3. The second-order valence-electron chi connectivity index (χ2n) is 7.83. The molecule has 148 valence electrons. The molecule has 0 radical (unpaired) electrons. The topological polar surface area (TPSA) is 58.6 Å². The van der Waals surface area contributed by atoms with Crippen LogP contribution in [-0.4, -0.2) is 25.2 Å². The molecule has 5 nitrogen and oxygen atoms in total. The van der Waals surface area contributed by atoms with E-state index in [0.29, 0.717) is 30.3 Å². The van der Waals surface area contributed by atoms with Crippen LogP contribution in [0.5, 0.6) is 0 Å². The van der Waals surface area contributed by atoms with Crippen LogP contribution in [0.1, 0.15) is 61.1 Å². The summed E-state index contributed by atoms with van der Waals surface area (Å²) in [5.41, 5.74) is 3.58. The minimum absolute atomic E-state index is 0.0888. The molecule has 2 aromatic rings. The van der Waals surface area contributed by atoms with Gasteiger partial charge in [0.2, 0.25) is 0 Å². The number of cyclic esters (lactones) is 1. The molecule has 0 aliphatic carbocycles. The molecular weight excluding hydrogens is 352 g/mol. The third-order valence-corrected chi connectivity index (χ3v) is 5.10. The fourth-order valence-electron chi connectivity index (χ4n) is 3.39. The number of carbonyl (C=O) groups excluding carboxylic acids is 2. The molecule has 28 heavy (non-hydrogen) atoms. The minimum atomic E-state index is -0.372. The van der Waals surface area contributed by atoms with Crippen LogP contribution in [0.3, 0.4) is 0 Å². The molecule has 2 amide bonds. The van der Waals surface area contributed by atoms with E-state index in [1.807, 2.05) is 6.07 Å². The first-order valence-corrected chi connectivity index (χ1v) is 9.82. The van der Waals surface area contributed by atoms with E-state index in [1.165, 1.54) is 5.56 Å². The van der Waals surface area contributed by atoms with E-state index in [0.717, 1.165) is 5.56 Å². The van der Waals surface area contributed by atoms with Crippen molar-refractivity contribution < 1.29 is 14.3 Å². The number of rotatable bonds is 6. The van der Waals surface area contributed by atoms with Gasteiger partial charge in [0.25, 0.3) is 5.91 Å². The van der Waals surface area contributed by atoms with Crippen LogP contribution in [0.15, 0.2) is 48.5 Å². The van der Waals surface area contributed by atoms with Gasteiger partial charge in [-0.1, -0.05) is 58.0 Å². The Kier molecular flexibility index (Phi) is 6.02. The molecule has 1 aliphatic rings. The second kappa shape index (κ2) is 8.46. The maximum atomic E-state index is 12.9. The van der Waals surface area contributed by atoms with Crippen molar-refractivity contribution in [3.05, 3.63) is 65.2 Å². The van der Waals surface area contributed by atoms with Crippen molar-refractivity contribution in [2.45, 2.75) is 39.7 Å². The van der Waals surface area contributed by atoms with Crippen molar-refractivity contribution in [1.29, 1.82) is 0 Å². The van der Waals surface area contributed by atoms with Gasteiger partial charge >= 0.3 is 6.09 Å². The van der Waals surface area contributed by atoms with Crippen LogP contribution >= 0.6 is 0 Å². The molecule has 1 unspecified atom stereocenters. The van der Waals surface area contributed by atoms with E-state index < -0.39 is 0 Å². The summed E-state index contributed by atoms with van der Waals surface area (Å²) in [5, 5.41) is 3.15. The molecule has 5 heteroatoms. The van der Waals surface area contributed by atoms with Gasteiger partial charge in [0.05, 0.1) is 12.6 Å². The van der Waals surface area contributed by atoms with Crippen LogP contribution in [0.25, 0.3) is 0 Å². The van der Waals surface area contributed by atoms with Crippen molar-refractivity contribution >= 4 is 17.7 Å². The summed E-state index contributed by atoms with van der Waals surface area (Å²) >= 11 is 0. The predicted molar refractivity (Wildman–Crippen MR) is 111 cm³/mol. The molecule has 1 heterocycles. The first-order valence-electron chi connectivity index (χ1n) is 9.82. The molecule has 0 spiro atoms. The van der Waals surface area contributed by atoms with Gasteiger partial charge in [0, 0.05) is 11.3 Å². The molecular formula is C23H28N2O3. The number of amides is 2. The number of ether oxygens (including phenoxy) is 1. The van der Waals surface area contributed by atoms with Crippen LogP contribution in [0.4, 0.5) is 10.5 Å². The van der Waals surface area contributed by atoms with Crippen molar-refractivity contribution in [3.63, 3.8) is 0 Å². The van der Waals surface area contributed by atoms with E-state index >= 15 is 0 Å². The summed E-state index contributed by atoms with van der Waals surface area (Å²) in [5.74, 6) is 0.563. The summed E-state index contributed by atoms with van der Waals surface area (Å²) in [6.07, 6.45) is -0.372. The van der Waals surface area contributed by atoms with Crippen LogP contribution in [0.2, 0.25) is 0 Å². The number of anilines is 1. The largest absolute Gasteiger partial charge is 0.447 e. The number of carbonyl (C=O) groups is 2. The third-order valence-electron chi connectivity index (χ3n) is 5.10. The van der Waals surface area contributed by atoms with Crippen molar-refractivity contribution in [3.8, 4) is 0 Å². The van der Waals surface area contributed by atoms with Gasteiger partial charge in [-0.15, -0.1) is 0 Å². The Morgan fingerprint density at radius 2 is 1.71 bits per heavy atom. The smallest absolute Gasteiger partial charge is 0.414 e. The highest BCUT2D eigenvalue weighted by Crippen LogP contribution is 2.25. The Bertz CT molecular complexity index is 843. The molecule has 0 bridgehead atoms. The molecule has 1 N–H and O–H groups in total. The molecule has 1 atom stereocenters. The lowest BCUT2D eigenvalue weighted by Gasteiger charge is -2.24. The molecule has 3 rings (SSSR count). The Balaban J connectivity index is 1.78. The number of nitrogens with one attached hydrogen (secondary N) is 1. The number of hydrogen-bond donors (Lipinski definition) is 1. The average molecular weight is 380 g/mol. The second-order valence-corrected chi connectivity index (χ2v) is 7.83. The zero-order valence-corrected chi connectivity index (χ0v) is 16.9. The zero-order valence-electron chi connectivity index (χ0n) is 16.9. The Morgan fingerprint density at radius 1 is 1.04 bits per heavy atom. The third kappa shape index (κ3) is 4.35. The summed E-state index contributed by atoms with van der Waals surface area (Å²) in [6.45, 7) is 9.40. The van der Waals surface area contributed by atoms with Crippen LogP contribution in [-0.2, 0) is 4.74 Å². The van der Waals surface area contributed by atoms with Crippen LogP contribution < -0.4 is 10.2 Å². The van der Waals surface area contributed by atoms with Gasteiger partial charge in [-0.05, 0) is 41.2 Å². The highest BCUT2D eigenvalue weighted by atomic mass is 16.6. The van der Waals surface area contributed by atoms with Crippen molar-refractivity contribution in [2.75, 3.05) is 18.1 Å². The molecule has 1 aliphatic heterocycles. The number of benzene rings is 2. The fourth-order valence-corrected chi connectivity index (χ4v) is 3.39. The highest BCUT2D eigenvalue weighted by molar-refractivity contribution is 5.97. The molecule has 1 fully saturated rings. The van der Waals surface area contributed by atoms with Gasteiger partial charge in [0.15, 0.2) is 0 Å². The van der Waals surface area contributed by atoms with Gasteiger partial charge in [-0.3, -0.25) is 9.69 Å². The Hall–Kier alpha value is -2.82. The van der Waals surface area contributed by atoms with E-state index in [4.69, 9.17) is 4.74 Å². The van der Waals surface area contributed by atoms with Crippen molar-refractivity contribution in [1.82, 2.24) is 5.32 Å². The van der Waals surface area contributed by atoms with E-state index in [1.54, 1.807) is 23.1 Å². The van der Waals surface area contributed by atoms with Crippen molar-refractivity contribution in [2.24, 2.45) is 5.92 Å². The number of nitrogens with zero attached hydrogens (tertiary/aromatic N) is 1. The summed E-state index contributed by atoms with van der Waals surface area (Å²) in [6, 6.07) is 15.5. The summed E-state index contributed by atoms with van der Waals surface area (Å²) in [7, 11) is 0. The lowest BCUT2D eigenvalue weighted by molar-refractivity contribution is 0.0925. The molecule has 0 aromatic heterocycles. The van der Waals surface area contributed by atoms with Gasteiger partial charge < -0.3 is 10.1 Å². The molecule has 0 saturated carbocycles. The van der Waals surface area contributed by atoms with Crippen LogP contribution in [0, 0.1) is 5.92 Å². The Labute approximate surface area is 166 Å². The van der Waals surface area contributed by atoms with Gasteiger partial charge in [-0.2, -0.15) is 0 Å². The normalized spacial score (nSPS) is 15.1. The Morgan fingerprint density at radius 3 is 2.29 bits per heavy atom. The quantitative estimate of drug-likeness (QED) is 0.776. The lowest BCUT2D eigenvalue weighted by Crippen LogP contribution is -2.32. The standard InChI is InChI=1S/C23H28N2O3/c1-15(2)17-8-10-18(11-9-17)21(16(3)4)24-22(26)19-6-5-7-20(14-19)25-12-13-28-23(25)27/h5-11,14-16,21H,12-13H2,1-4H3,(H,24,26). The summed E-state index contributed by atoms with van der Waals surface area (Å²) in [4.78, 5) is 26.2. The predicted octanol–water partition coefficient (Wildman–Crippen LogP) is 4.89. The van der Waals surface area contributed by atoms with E-state index in [-0.39, 0.29) is 24.0 Å². The summed E-state index contributed by atoms with van der Waals surface area (Å²) < 4.78 is 4.99. The lowest BCUT2D eigenvalue weighted by atomic mass is 9.93. The van der Waals surface area contributed by atoms with Gasteiger partial charge in [0.1, 0.15) is 6.61 Å². The maximum Gasteiger partial charge on any atom is 0.414 e. The zero-order chi connectivity index (χ0) is 20.3. The minimum Gasteiger partial charge on any atom is -0.447 e. The van der Waals surface area contributed by atoms with E-state index in [9.17, 15) is 9.59 Å². The fraction of sp³-hybridized carbons (Fsp3) is 0.391. The first-order chi connectivity index (χ1) is 13.4. The highest BCUT2D eigenvalue weighted by Gasteiger charge is 2.25. The molecule has 1 saturated heterocycles. The molecule has 2 aromatic carbocycles. The SMILES string of the molecule is CC(C)c1ccc(C(NC(=O)c2cccc(N3CCOC3=O)c2)C(C)C)cc1. The van der Waals surface area contributed by atoms with E-state index in [2.05, 4.69) is 57.3 Å². The monoisotopic (exact) mass is 380 g/mol. The average Bonchev–Trinajstić information content (AvgIpc) is 3.12.